The van der Waals surface area contributed by atoms with Crippen LogP contribution in [-0.2, 0) is 4.79 Å². The summed E-state index contributed by atoms with van der Waals surface area (Å²) in [5, 5.41) is 3.82. The first kappa shape index (κ1) is 16.6. The number of ether oxygens (including phenoxy) is 1. The number of benzene rings is 1. The van der Waals surface area contributed by atoms with Crippen LogP contribution in [0.3, 0.4) is 0 Å². The Balaban J connectivity index is 1.80. The number of hydrogen-bond acceptors (Lipinski definition) is 5. The second kappa shape index (κ2) is 8.60. The molecule has 1 heterocycles. The number of para-hydroxylation sites is 1. The number of nitrogens with one attached hydrogen (secondary N) is 1. The van der Waals surface area contributed by atoms with Crippen LogP contribution in [0, 0.1) is 0 Å². The Morgan fingerprint density at radius 3 is 3.05 bits per heavy atom. The third-order valence-electron chi connectivity index (χ3n) is 3.22. The van der Waals surface area contributed by atoms with E-state index in [1.54, 1.807) is 18.0 Å². The fraction of sp³-hybridized carbons (Fsp3) is 0.375. The van der Waals surface area contributed by atoms with Crippen LogP contribution in [0.25, 0.3) is 10.9 Å². The summed E-state index contributed by atoms with van der Waals surface area (Å²) in [6.07, 6.45) is 4.42. The molecule has 22 heavy (non-hydrogen) atoms. The number of hydrogen-bond donors (Lipinski definition) is 2. The van der Waals surface area contributed by atoms with E-state index in [0.29, 0.717) is 19.6 Å². The van der Waals surface area contributed by atoms with Gasteiger partial charge in [-0.3, -0.25) is 9.78 Å². The summed E-state index contributed by atoms with van der Waals surface area (Å²) in [6, 6.07) is 9.22. The van der Waals surface area contributed by atoms with Crippen molar-refractivity contribution in [2.45, 2.75) is 12.5 Å². The molecule has 0 saturated heterocycles. The lowest BCUT2D eigenvalue weighted by Crippen LogP contribution is -2.42. The minimum absolute atomic E-state index is 0.131. The minimum atomic E-state index is -0.452. The quantitative estimate of drug-likeness (QED) is 0.726. The zero-order valence-corrected chi connectivity index (χ0v) is 13.4. The van der Waals surface area contributed by atoms with Gasteiger partial charge in [-0.25, -0.2) is 0 Å². The highest BCUT2D eigenvalue weighted by molar-refractivity contribution is 7.98. The molecule has 0 spiro atoms. The van der Waals surface area contributed by atoms with Crippen LogP contribution in [0.1, 0.15) is 6.42 Å². The van der Waals surface area contributed by atoms with Gasteiger partial charge in [0.05, 0.1) is 12.6 Å². The summed E-state index contributed by atoms with van der Waals surface area (Å²) in [5.41, 5.74) is 6.62. The second-order valence-corrected chi connectivity index (χ2v) is 5.84. The average molecular weight is 319 g/mol. The molecule has 1 aromatic heterocycles. The zero-order chi connectivity index (χ0) is 15.8. The van der Waals surface area contributed by atoms with Gasteiger partial charge in [-0.05, 0) is 30.6 Å². The average Bonchev–Trinajstić information content (AvgIpc) is 2.56. The normalized spacial score (nSPS) is 12.1. The number of rotatable bonds is 8. The van der Waals surface area contributed by atoms with Crippen LogP contribution < -0.4 is 15.8 Å². The van der Waals surface area contributed by atoms with Gasteiger partial charge in [0.2, 0.25) is 5.91 Å². The molecular weight excluding hydrogens is 298 g/mol. The van der Waals surface area contributed by atoms with E-state index in [1.165, 1.54) is 0 Å². The molecule has 0 bridgehead atoms. The van der Waals surface area contributed by atoms with Crippen molar-refractivity contribution in [3.8, 4) is 5.75 Å². The smallest absolute Gasteiger partial charge is 0.237 e. The Labute approximate surface area is 134 Å². The number of aromatic nitrogens is 1. The van der Waals surface area contributed by atoms with Gasteiger partial charge in [0, 0.05) is 11.6 Å². The number of pyridine rings is 1. The van der Waals surface area contributed by atoms with Gasteiger partial charge in [-0.15, -0.1) is 0 Å². The maximum absolute atomic E-state index is 11.8. The van der Waals surface area contributed by atoms with Gasteiger partial charge in [0.1, 0.15) is 17.9 Å². The zero-order valence-electron chi connectivity index (χ0n) is 12.6. The van der Waals surface area contributed by atoms with Crippen LogP contribution in [0.5, 0.6) is 5.75 Å². The summed E-state index contributed by atoms with van der Waals surface area (Å²) in [6.45, 7) is 0.811. The van der Waals surface area contributed by atoms with Gasteiger partial charge < -0.3 is 15.8 Å². The van der Waals surface area contributed by atoms with E-state index in [4.69, 9.17) is 10.5 Å². The van der Waals surface area contributed by atoms with Crippen molar-refractivity contribution in [1.82, 2.24) is 10.3 Å². The molecule has 1 amide bonds. The highest BCUT2D eigenvalue weighted by atomic mass is 32.2. The molecule has 5 nitrogen and oxygen atoms in total. The van der Waals surface area contributed by atoms with E-state index in [2.05, 4.69) is 10.3 Å². The van der Waals surface area contributed by atoms with Crippen molar-refractivity contribution in [3.63, 3.8) is 0 Å². The molecule has 0 saturated carbocycles. The highest BCUT2D eigenvalue weighted by Gasteiger charge is 2.12. The minimum Gasteiger partial charge on any atom is -0.489 e. The highest BCUT2D eigenvalue weighted by Crippen LogP contribution is 2.22. The molecule has 0 unspecified atom stereocenters. The third-order valence-corrected chi connectivity index (χ3v) is 3.87. The van der Waals surface area contributed by atoms with E-state index in [9.17, 15) is 4.79 Å². The van der Waals surface area contributed by atoms with Crippen molar-refractivity contribution in [2.24, 2.45) is 5.73 Å². The molecule has 1 aromatic carbocycles. The molecule has 6 heteroatoms. The molecule has 0 aliphatic carbocycles. The first-order valence-electron chi connectivity index (χ1n) is 7.21. The fourth-order valence-corrected chi connectivity index (χ4v) is 2.52. The first-order chi connectivity index (χ1) is 10.7. The van der Waals surface area contributed by atoms with E-state index in [-0.39, 0.29) is 5.91 Å². The van der Waals surface area contributed by atoms with Crippen molar-refractivity contribution < 1.29 is 9.53 Å². The van der Waals surface area contributed by atoms with Gasteiger partial charge in [-0.2, -0.15) is 11.8 Å². The molecule has 0 fully saturated rings. The number of amides is 1. The molecule has 0 aliphatic rings. The summed E-state index contributed by atoms with van der Waals surface area (Å²) in [4.78, 5) is 16.1. The van der Waals surface area contributed by atoms with E-state index in [1.807, 2.05) is 36.6 Å². The molecule has 1 atom stereocenters. The van der Waals surface area contributed by atoms with Crippen LogP contribution >= 0.6 is 11.8 Å². The predicted octanol–water partition coefficient (Wildman–Crippen LogP) is 1.81. The predicted molar refractivity (Wildman–Crippen MR) is 91.2 cm³/mol. The van der Waals surface area contributed by atoms with E-state index in [0.717, 1.165) is 22.4 Å². The Morgan fingerprint density at radius 1 is 1.41 bits per heavy atom. The van der Waals surface area contributed by atoms with Gasteiger partial charge in [0.15, 0.2) is 0 Å². The molecule has 118 valence electrons. The standard InChI is InChI=1S/C16H21N3O2S/c1-22-11-7-13(17)16(20)19-9-10-21-14-6-2-4-12-5-3-8-18-15(12)14/h2-6,8,13H,7,9-11,17H2,1H3,(H,19,20)/t13-/m0/s1. The number of fused-ring (bicyclic) bond motifs is 1. The molecular formula is C16H21N3O2S. The van der Waals surface area contributed by atoms with Crippen LogP contribution in [0.2, 0.25) is 0 Å². The van der Waals surface area contributed by atoms with Crippen LogP contribution in [0.15, 0.2) is 36.5 Å². The Bertz CT molecular complexity index is 616. The van der Waals surface area contributed by atoms with Crippen molar-refractivity contribution >= 4 is 28.6 Å². The maximum atomic E-state index is 11.8. The number of nitrogens with two attached hydrogens (primary N) is 1. The van der Waals surface area contributed by atoms with Crippen LogP contribution in [-0.4, -0.2) is 42.1 Å². The number of carbonyl (C=O) groups is 1. The molecule has 3 N–H and O–H groups in total. The van der Waals surface area contributed by atoms with E-state index < -0.39 is 6.04 Å². The summed E-state index contributed by atoms with van der Waals surface area (Å²) in [7, 11) is 0. The molecule has 2 aromatic rings. The second-order valence-electron chi connectivity index (χ2n) is 4.86. The largest absolute Gasteiger partial charge is 0.489 e. The number of nitrogens with zero attached hydrogens (tertiary/aromatic N) is 1. The summed E-state index contributed by atoms with van der Waals surface area (Å²) >= 11 is 1.68. The summed E-state index contributed by atoms with van der Waals surface area (Å²) < 4.78 is 5.71. The van der Waals surface area contributed by atoms with Gasteiger partial charge >= 0.3 is 0 Å². The Morgan fingerprint density at radius 2 is 2.23 bits per heavy atom. The lowest BCUT2D eigenvalue weighted by molar-refractivity contribution is -0.122. The molecule has 0 radical (unpaired) electrons. The monoisotopic (exact) mass is 319 g/mol. The number of carbonyl (C=O) groups excluding carboxylic acids is 1. The topological polar surface area (TPSA) is 77.2 Å². The first-order valence-corrected chi connectivity index (χ1v) is 8.60. The van der Waals surface area contributed by atoms with E-state index >= 15 is 0 Å². The number of thioether (sulfide) groups is 1. The fourth-order valence-electron chi connectivity index (χ4n) is 2.03. The molecule has 2 rings (SSSR count). The lowest BCUT2D eigenvalue weighted by atomic mass is 10.2. The SMILES string of the molecule is CSCC[C@H](N)C(=O)NCCOc1cccc2cccnc12. The van der Waals surface area contributed by atoms with Crippen molar-refractivity contribution in [1.29, 1.82) is 0 Å². The van der Waals surface area contributed by atoms with Crippen LogP contribution in [0.4, 0.5) is 0 Å². The Hall–Kier alpha value is -1.79. The van der Waals surface area contributed by atoms with Crippen molar-refractivity contribution in [2.75, 3.05) is 25.2 Å². The van der Waals surface area contributed by atoms with Gasteiger partial charge in [0.25, 0.3) is 0 Å². The summed E-state index contributed by atoms with van der Waals surface area (Å²) in [5.74, 6) is 1.47. The maximum Gasteiger partial charge on any atom is 0.237 e. The Kier molecular flexibility index (Phi) is 6.48. The van der Waals surface area contributed by atoms with Crippen molar-refractivity contribution in [3.05, 3.63) is 36.5 Å². The van der Waals surface area contributed by atoms with Gasteiger partial charge in [-0.1, -0.05) is 18.2 Å². The molecule has 0 aliphatic heterocycles. The lowest BCUT2D eigenvalue weighted by Gasteiger charge is -2.12. The third kappa shape index (κ3) is 4.61.